The zero-order valence-electron chi connectivity index (χ0n) is 23.1. The highest BCUT2D eigenvalue weighted by Gasteiger charge is 2.42. The number of para-hydroxylation sites is 2. The minimum Gasteiger partial charge on any atom is -0.415 e. The van der Waals surface area contributed by atoms with Gasteiger partial charge in [-0.25, -0.2) is 13.0 Å². The summed E-state index contributed by atoms with van der Waals surface area (Å²) in [5.41, 5.74) is 0.950. The molecule has 3 aromatic carbocycles. The number of hydrogen-bond donors (Lipinski definition) is 1. The second-order valence-electron chi connectivity index (χ2n) is 9.92. The maximum absolute atomic E-state index is 14.5. The molecule has 0 bridgehead atoms. The Morgan fingerprint density at radius 1 is 0.692 bits per heavy atom. The summed E-state index contributed by atoms with van der Waals surface area (Å²) in [6, 6.07) is 24.1. The van der Waals surface area contributed by atoms with Gasteiger partial charge >= 0.3 is 7.60 Å². The van der Waals surface area contributed by atoms with E-state index in [9.17, 15) is 13.0 Å². The predicted molar refractivity (Wildman–Crippen MR) is 159 cm³/mol. The highest BCUT2D eigenvalue weighted by atomic mass is 32.2. The molecule has 0 aliphatic rings. The van der Waals surface area contributed by atoms with Gasteiger partial charge in [0.15, 0.2) is 0 Å². The average molecular weight is 572 g/mol. The Kier molecular flexibility index (Phi) is 12.6. The molecule has 0 aliphatic carbocycles. The van der Waals surface area contributed by atoms with E-state index in [1.54, 1.807) is 72.8 Å². The predicted octanol–water partition coefficient (Wildman–Crippen LogP) is 8.87. The van der Waals surface area contributed by atoms with Crippen molar-refractivity contribution in [2.75, 3.05) is 0 Å². The number of aryl methyl sites for hydroxylation is 1. The topological polar surface area (TPSA) is 81.7 Å². The first kappa shape index (κ1) is 30.9. The number of unbranched alkanes of at least 4 members (excludes halogenated alkanes) is 8. The summed E-state index contributed by atoms with van der Waals surface area (Å²) in [6.45, 7) is 4.11. The minimum atomic E-state index is -4.06. The van der Waals surface area contributed by atoms with Crippen LogP contribution in [0.4, 0.5) is 0 Å². The van der Waals surface area contributed by atoms with Crippen molar-refractivity contribution < 1.29 is 22.0 Å². The van der Waals surface area contributed by atoms with Crippen molar-refractivity contribution in [1.82, 2.24) is 4.72 Å². The molecule has 6 nitrogen and oxygen atoms in total. The normalized spacial score (nSPS) is 12.7. The second-order valence-corrected chi connectivity index (χ2v) is 13.7. The molecule has 0 saturated heterocycles. The van der Waals surface area contributed by atoms with Crippen LogP contribution in [0.1, 0.15) is 76.7 Å². The van der Waals surface area contributed by atoms with Crippen LogP contribution < -0.4 is 13.8 Å². The summed E-state index contributed by atoms with van der Waals surface area (Å²) >= 11 is 0. The van der Waals surface area contributed by atoms with Gasteiger partial charge in [-0.05, 0) is 49.7 Å². The van der Waals surface area contributed by atoms with Crippen LogP contribution in [0.25, 0.3) is 0 Å². The molecule has 3 rings (SSSR count). The molecule has 1 unspecified atom stereocenters. The van der Waals surface area contributed by atoms with Crippen LogP contribution in [0, 0.1) is 6.92 Å². The zero-order valence-corrected chi connectivity index (χ0v) is 24.8. The van der Waals surface area contributed by atoms with E-state index in [0.29, 0.717) is 24.3 Å². The summed E-state index contributed by atoms with van der Waals surface area (Å²) < 4.78 is 56.1. The van der Waals surface area contributed by atoms with Gasteiger partial charge in [0.2, 0.25) is 10.0 Å². The molecule has 39 heavy (non-hydrogen) atoms. The first-order chi connectivity index (χ1) is 18.8. The molecule has 3 aromatic rings. The standard InChI is InChI=1S/C31H42NO5PS/c1-3-4-5-6-7-8-9-10-17-22-31(32-39(34,35)30-25-23-27(2)24-26-30)38(33,36-28-18-13-11-14-19-28)37-29-20-15-12-16-21-29/h11-16,18-21,23-26,31-32H,3-10,17,22H2,1-2H3. The molecule has 0 aliphatic heterocycles. The molecule has 0 saturated carbocycles. The second kappa shape index (κ2) is 15.9. The van der Waals surface area contributed by atoms with Gasteiger partial charge in [-0.1, -0.05) is 119 Å². The van der Waals surface area contributed by atoms with Crippen molar-refractivity contribution in [2.45, 2.75) is 88.7 Å². The Balaban J connectivity index is 1.81. The third-order valence-electron chi connectivity index (χ3n) is 6.54. The van der Waals surface area contributed by atoms with Crippen molar-refractivity contribution in [2.24, 2.45) is 0 Å². The van der Waals surface area contributed by atoms with Gasteiger partial charge in [-0.15, -0.1) is 0 Å². The van der Waals surface area contributed by atoms with Crippen molar-refractivity contribution in [3.8, 4) is 11.5 Å². The molecule has 0 amide bonds. The molecular formula is C31H42NO5PS. The van der Waals surface area contributed by atoms with E-state index in [1.807, 2.05) is 19.1 Å². The molecule has 1 N–H and O–H groups in total. The van der Waals surface area contributed by atoms with E-state index in [4.69, 9.17) is 9.05 Å². The first-order valence-corrected chi connectivity index (χ1v) is 17.1. The van der Waals surface area contributed by atoms with E-state index >= 15 is 0 Å². The molecule has 0 fully saturated rings. The lowest BCUT2D eigenvalue weighted by Crippen LogP contribution is -2.37. The summed E-state index contributed by atoms with van der Waals surface area (Å²) in [6.07, 6.45) is 10.3. The highest BCUT2D eigenvalue weighted by molar-refractivity contribution is 7.89. The fourth-order valence-corrected chi connectivity index (χ4v) is 7.96. The lowest BCUT2D eigenvalue weighted by Gasteiger charge is -2.28. The van der Waals surface area contributed by atoms with Gasteiger partial charge < -0.3 is 9.05 Å². The molecule has 0 radical (unpaired) electrons. The van der Waals surface area contributed by atoms with Crippen LogP contribution in [-0.2, 0) is 14.6 Å². The molecular weight excluding hydrogens is 529 g/mol. The fourth-order valence-electron chi connectivity index (χ4n) is 4.30. The fraction of sp³-hybridized carbons (Fsp3) is 0.419. The summed E-state index contributed by atoms with van der Waals surface area (Å²) in [7, 11) is -8.05. The monoisotopic (exact) mass is 571 g/mol. The Hall–Kier alpha value is -2.60. The quantitative estimate of drug-likeness (QED) is 0.122. The molecule has 0 spiro atoms. The lowest BCUT2D eigenvalue weighted by atomic mass is 10.1. The smallest absolute Gasteiger partial charge is 0.415 e. The molecule has 0 aromatic heterocycles. The first-order valence-electron chi connectivity index (χ1n) is 14.0. The Morgan fingerprint density at radius 2 is 1.15 bits per heavy atom. The maximum atomic E-state index is 14.5. The SMILES string of the molecule is CCCCCCCCCCCC(NS(=O)(=O)c1ccc(C)cc1)P(=O)(Oc1ccccc1)Oc1ccccc1. The van der Waals surface area contributed by atoms with Crippen LogP contribution in [0.15, 0.2) is 89.8 Å². The van der Waals surface area contributed by atoms with Crippen LogP contribution in [-0.4, -0.2) is 14.2 Å². The van der Waals surface area contributed by atoms with Gasteiger partial charge in [-0.2, -0.15) is 4.72 Å². The number of nitrogens with one attached hydrogen (secondary N) is 1. The van der Waals surface area contributed by atoms with Gasteiger partial charge in [0, 0.05) is 0 Å². The van der Waals surface area contributed by atoms with E-state index in [1.165, 1.54) is 32.1 Å². The van der Waals surface area contributed by atoms with Crippen LogP contribution in [0.2, 0.25) is 0 Å². The number of benzene rings is 3. The molecule has 1 atom stereocenters. The third-order valence-corrected chi connectivity index (χ3v) is 10.3. The maximum Gasteiger partial charge on any atom is 0.448 e. The van der Waals surface area contributed by atoms with Crippen LogP contribution in [0.5, 0.6) is 11.5 Å². The van der Waals surface area contributed by atoms with E-state index in [2.05, 4.69) is 11.6 Å². The zero-order chi connectivity index (χ0) is 28.0. The average Bonchev–Trinajstić information content (AvgIpc) is 2.92. The van der Waals surface area contributed by atoms with Gasteiger partial charge in [0.25, 0.3) is 0 Å². The number of hydrogen-bond acceptors (Lipinski definition) is 5. The summed E-state index contributed by atoms with van der Waals surface area (Å²) in [5, 5.41) is 0. The van der Waals surface area contributed by atoms with Crippen LogP contribution >= 0.6 is 7.60 Å². The number of sulfonamides is 1. The number of rotatable bonds is 18. The molecule has 0 heterocycles. The third kappa shape index (κ3) is 10.5. The summed E-state index contributed by atoms with van der Waals surface area (Å²) in [4.78, 5) is 0.108. The Morgan fingerprint density at radius 3 is 1.64 bits per heavy atom. The van der Waals surface area contributed by atoms with Gasteiger partial charge in [-0.3, -0.25) is 0 Å². The van der Waals surface area contributed by atoms with Crippen molar-refractivity contribution >= 4 is 17.6 Å². The van der Waals surface area contributed by atoms with Crippen molar-refractivity contribution in [3.63, 3.8) is 0 Å². The Bertz CT molecular complexity index is 1210. The van der Waals surface area contributed by atoms with Crippen LogP contribution in [0.3, 0.4) is 0 Å². The van der Waals surface area contributed by atoms with E-state index in [-0.39, 0.29) is 4.90 Å². The minimum absolute atomic E-state index is 0.108. The Labute approximate surface area is 234 Å². The van der Waals surface area contributed by atoms with E-state index in [0.717, 1.165) is 24.8 Å². The molecule has 212 valence electrons. The van der Waals surface area contributed by atoms with Crippen molar-refractivity contribution in [3.05, 3.63) is 90.5 Å². The van der Waals surface area contributed by atoms with E-state index < -0.39 is 23.4 Å². The van der Waals surface area contributed by atoms with Gasteiger partial charge in [0.05, 0.1) is 4.90 Å². The lowest BCUT2D eigenvalue weighted by molar-refractivity contribution is 0.360. The summed E-state index contributed by atoms with van der Waals surface area (Å²) in [5.74, 6) is -0.375. The highest BCUT2D eigenvalue weighted by Crippen LogP contribution is 2.53. The largest absolute Gasteiger partial charge is 0.448 e. The molecule has 8 heteroatoms. The van der Waals surface area contributed by atoms with Gasteiger partial charge in [0.1, 0.15) is 17.3 Å². The van der Waals surface area contributed by atoms with Crippen molar-refractivity contribution in [1.29, 1.82) is 0 Å².